The van der Waals surface area contributed by atoms with Crippen LogP contribution in [0, 0.1) is 0 Å². The molecule has 1 aliphatic rings. The number of aromatic nitrogens is 2. The van der Waals surface area contributed by atoms with Gasteiger partial charge in [0.1, 0.15) is 11.7 Å². The minimum absolute atomic E-state index is 0.195. The molecular weight excluding hydrogens is 512 g/mol. The first-order chi connectivity index (χ1) is 17.5. The van der Waals surface area contributed by atoms with E-state index in [1.165, 1.54) is 4.90 Å². The lowest BCUT2D eigenvalue weighted by molar-refractivity contribution is -0.156. The summed E-state index contributed by atoms with van der Waals surface area (Å²) in [6, 6.07) is 3.03. The van der Waals surface area contributed by atoms with Crippen LogP contribution in [-0.4, -0.2) is 69.6 Å². The number of anilines is 1. The standard InChI is InChI=1S/C27H41ClN4O4S/c1-8-17(9-2)35-24(33)23-16-31(12-13-32(23)26(34)36-27(5,6)7)22-15-21-20(14-19(22)28)29-25(30-21)37-18(10-3)11-4/h14-15,17-18,23H,8-13,16H2,1-7H3,(H,29,30). The Balaban J connectivity index is 1.88. The number of esters is 1. The largest absolute Gasteiger partial charge is 0.461 e. The molecule has 2 aromatic rings. The van der Waals surface area contributed by atoms with E-state index in [1.54, 1.807) is 11.8 Å². The van der Waals surface area contributed by atoms with Crippen molar-refractivity contribution in [2.45, 2.75) is 102 Å². The fourth-order valence-electron chi connectivity index (χ4n) is 4.35. The average Bonchev–Trinajstić information content (AvgIpc) is 3.24. The number of carbonyl (C=O) groups is 2. The van der Waals surface area contributed by atoms with Gasteiger partial charge in [0.25, 0.3) is 0 Å². The van der Waals surface area contributed by atoms with Crippen molar-refractivity contribution in [2.24, 2.45) is 0 Å². The molecule has 1 aliphatic heterocycles. The summed E-state index contributed by atoms with van der Waals surface area (Å²) >= 11 is 8.47. The van der Waals surface area contributed by atoms with Crippen LogP contribution in [-0.2, 0) is 14.3 Å². The maximum atomic E-state index is 13.3. The second-order valence-corrected chi connectivity index (χ2v) is 12.1. The summed E-state index contributed by atoms with van der Waals surface area (Å²) in [5.74, 6) is -0.424. The highest BCUT2D eigenvalue weighted by Crippen LogP contribution is 2.34. The molecule has 10 heteroatoms. The minimum atomic E-state index is -0.807. The van der Waals surface area contributed by atoms with Gasteiger partial charge in [0.2, 0.25) is 0 Å². The van der Waals surface area contributed by atoms with Gasteiger partial charge in [-0.1, -0.05) is 51.1 Å². The molecule has 0 radical (unpaired) electrons. The first kappa shape index (κ1) is 29.4. The molecular formula is C27H41ClN4O4S. The molecule has 1 saturated heterocycles. The van der Waals surface area contributed by atoms with Crippen molar-refractivity contribution in [2.75, 3.05) is 24.5 Å². The number of carbonyl (C=O) groups excluding carboxylic acids is 2. The van der Waals surface area contributed by atoms with Crippen molar-refractivity contribution in [3.8, 4) is 0 Å². The Morgan fingerprint density at radius 1 is 1.14 bits per heavy atom. The second kappa shape index (κ2) is 12.6. The number of H-pyrrole nitrogens is 1. The highest BCUT2D eigenvalue weighted by Gasteiger charge is 2.39. The number of hydrogen-bond acceptors (Lipinski definition) is 7. The van der Waals surface area contributed by atoms with Crippen molar-refractivity contribution < 1.29 is 19.1 Å². The predicted octanol–water partition coefficient (Wildman–Crippen LogP) is 6.65. The number of aromatic amines is 1. The molecule has 3 rings (SSSR count). The minimum Gasteiger partial charge on any atom is -0.461 e. The lowest BCUT2D eigenvalue weighted by Crippen LogP contribution is -2.59. The molecule has 1 fully saturated rings. The van der Waals surface area contributed by atoms with Crippen molar-refractivity contribution in [3.63, 3.8) is 0 Å². The molecule has 1 atom stereocenters. The fraction of sp³-hybridized carbons (Fsp3) is 0.667. The number of fused-ring (bicyclic) bond motifs is 1. The van der Waals surface area contributed by atoms with Gasteiger partial charge in [-0.05, 0) is 58.6 Å². The Bertz CT molecular complexity index is 1080. The Morgan fingerprint density at radius 3 is 2.41 bits per heavy atom. The topological polar surface area (TPSA) is 87.8 Å². The average molecular weight is 553 g/mol. The summed E-state index contributed by atoms with van der Waals surface area (Å²) in [4.78, 5) is 38.0. The maximum Gasteiger partial charge on any atom is 0.411 e. The third kappa shape index (κ3) is 7.47. The Kier molecular flexibility index (Phi) is 10.0. The van der Waals surface area contributed by atoms with Crippen LogP contribution in [0.15, 0.2) is 17.3 Å². The summed E-state index contributed by atoms with van der Waals surface area (Å²) in [7, 11) is 0. The van der Waals surface area contributed by atoms with E-state index in [0.29, 0.717) is 36.2 Å². The number of nitrogens with zero attached hydrogens (tertiary/aromatic N) is 3. The van der Waals surface area contributed by atoms with Gasteiger partial charge in [-0.15, -0.1) is 0 Å². The molecule has 1 unspecified atom stereocenters. The van der Waals surface area contributed by atoms with Gasteiger partial charge in [-0.25, -0.2) is 14.6 Å². The first-order valence-corrected chi connectivity index (χ1v) is 14.6. The van der Waals surface area contributed by atoms with Crippen molar-refractivity contribution in [1.29, 1.82) is 0 Å². The quantitative estimate of drug-likeness (QED) is 0.275. The number of piperazine rings is 1. The Morgan fingerprint density at radius 2 is 1.81 bits per heavy atom. The van der Waals surface area contributed by atoms with E-state index in [4.69, 9.17) is 26.1 Å². The van der Waals surface area contributed by atoms with E-state index in [0.717, 1.165) is 34.7 Å². The molecule has 2 heterocycles. The Hall–Kier alpha value is -2.13. The first-order valence-electron chi connectivity index (χ1n) is 13.3. The van der Waals surface area contributed by atoms with Crippen LogP contribution in [0.3, 0.4) is 0 Å². The van der Waals surface area contributed by atoms with Gasteiger partial charge in [0.05, 0.1) is 21.7 Å². The molecule has 37 heavy (non-hydrogen) atoms. The van der Waals surface area contributed by atoms with E-state index in [2.05, 4.69) is 18.8 Å². The molecule has 1 aromatic heterocycles. The Labute approximate surface area is 229 Å². The normalized spacial score (nSPS) is 16.6. The molecule has 1 N–H and O–H groups in total. The number of halogens is 1. The van der Waals surface area contributed by atoms with Crippen LogP contribution >= 0.6 is 23.4 Å². The monoisotopic (exact) mass is 552 g/mol. The van der Waals surface area contributed by atoms with Crippen molar-refractivity contribution in [1.82, 2.24) is 14.9 Å². The molecule has 1 amide bonds. The number of benzene rings is 1. The number of hydrogen-bond donors (Lipinski definition) is 1. The molecule has 8 nitrogen and oxygen atoms in total. The summed E-state index contributed by atoms with van der Waals surface area (Å²) in [5, 5.41) is 1.92. The van der Waals surface area contributed by atoms with E-state index >= 15 is 0 Å². The predicted molar refractivity (Wildman–Crippen MR) is 151 cm³/mol. The second-order valence-electron chi connectivity index (χ2n) is 10.4. The smallest absolute Gasteiger partial charge is 0.411 e. The molecule has 0 spiro atoms. The molecule has 0 bridgehead atoms. The summed E-state index contributed by atoms with van der Waals surface area (Å²) in [6.07, 6.45) is 2.85. The van der Waals surface area contributed by atoms with Crippen LogP contribution in [0.5, 0.6) is 0 Å². The fourth-order valence-corrected chi connectivity index (χ4v) is 5.59. The number of amides is 1. The van der Waals surface area contributed by atoms with Crippen LogP contribution in [0.25, 0.3) is 11.0 Å². The van der Waals surface area contributed by atoms with E-state index in [-0.39, 0.29) is 12.6 Å². The molecule has 0 aliphatic carbocycles. The van der Waals surface area contributed by atoms with Gasteiger partial charge < -0.3 is 19.4 Å². The van der Waals surface area contributed by atoms with Gasteiger partial charge in [-0.2, -0.15) is 0 Å². The van der Waals surface area contributed by atoms with Gasteiger partial charge in [0, 0.05) is 24.9 Å². The summed E-state index contributed by atoms with van der Waals surface area (Å²) in [6.45, 7) is 14.8. The van der Waals surface area contributed by atoms with Gasteiger partial charge in [-0.3, -0.25) is 4.90 Å². The lowest BCUT2D eigenvalue weighted by Gasteiger charge is -2.41. The van der Waals surface area contributed by atoms with Crippen LogP contribution in [0.1, 0.15) is 74.1 Å². The zero-order valence-corrected chi connectivity index (χ0v) is 24.7. The van der Waals surface area contributed by atoms with Crippen LogP contribution in [0.2, 0.25) is 5.02 Å². The third-order valence-corrected chi connectivity index (χ3v) is 8.25. The SMILES string of the molecule is CCC(CC)OC(=O)C1CN(c2cc3[nH]c(SC(CC)CC)nc3cc2Cl)CCN1C(=O)OC(C)(C)C. The van der Waals surface area contributed by atoms with E-state index in [9.17, 15) is 9.59 Å². The van der Waals surface area contributed by atoms with Gasteiger partial charge in [0.15, 0.2) is 11.2 Å². The van der Waals surface area contributed by atoms with E-state index < -0.39 is 23.7 Å². The molecule has 1 aromatic carbocycles. The number of ether oxygens (including phenoxy) is 2. The summed E-state index contributed by atoms with van der Waals surface area (Å²) < 4.78 is 11.4. The molecule has 0 saturated carbocycles. The van der Waals surface area contributed by atoms with Crippen LogP contribution in [0.4, 0.5) is 10.5 Å². The van der Waals surface area contributed by atoms with E-state index in [1.807, 2.05) is 51.7 Å². The zero-order valence-electron chi connectivity index (χ0n) is 23.1. The number of nitrogens with one attached hydrogen (secondary N) is 1. The zero-order chi connectivity index (χ0) is 27.3. The van der Waals surface area contributed by atoms with Crippen LogP contribution < -0.4 is 4.90 Å². The highest BCUT2D eigenvalue weighted by molar-refractivity contribution is 7.99. The van der Waals surface area contributed by atoms with Crippen molar-refractivity contribution in [3.05, 3.63) is 17.2 Å². The summed E-state index contributed by atoms with van der Waals surface area (Å²) in [5.41, 5.74) is 1.82. The highest BCUT2D eigenvalue weighted by atomic mass is 35.5. The van der Waals surface area contributed by atoms with Gasteiger partial charge >= 0.3 is 12.1 Å². The van der Waals surface area contributed by atoms with Crippen molar-refractivity contribution >= 4 is 52.1 Å². The maximum absolute atomic E-state index is 13.3. The number of thioether (sulfide) groups is 1. The third-order valence-electron chi connectivity index (χ3n) is 6.53. The number of rotatable bonds is 9. The number of imidazole rings is 1. The molecule has 206 valence electrons. The lowest BCUT2D eigenvalue weighted by atomic mass is 10.1.